The van der Waals surface area contributed by atoms with E-state index in [-0.39, 0.29) is 11.7 Å². The van der Waals surface area contributed by atoms with Crippen LogP contribution in [0.15, 0.2) is 12.3 Å². The smallest absolute Gasteiger partial charge is 0.170 e. The van der Waals surface area contributed by atoms with Crippen molar-refractivity contribution in [2.75, 3.05) is 31.1 Å². The SMILES string of the molecule is Fc1c(CCl)ccnc1N1CCN2CCCC2C1. The van der Waals surface area contributed by atoms with Gasteiger partial charge in [-0.25, -0.2) is 9.37 Å². The maximum absolute atomic E-state index is 14.2. The molecule has 1 aromatic rings. The zero-order valence-electron chi connectivity index (χ0n) is 10.3. The van der Waals surface area contributed by atoms with E-state index in [1.807, 2.05) is 0 Å². The number of anilines is 1. The summed E-state index contributed by atoms with van der Waals surface area (Å²) in [5, 5.41) is 0. The molecular weight excluding hydrogens is 253 g/mol. The molecule has 3 rings (SSSR count). The van der Waals surface area contributed by atoms with Crippen LogP contribution in [0, 0.1) is 5.82 Å². The summed E-state index contributed by atoms with van der Waals surface area (Å²) in [4.78, 5) is 8.77. The molecule has 1 unspecified atom stereocenters. The number of hydrogen-bond donors (Lipinski definition) is 0. The molecule has 0 saturated carbocycles. The van der Waals surface area contributed by atoms with Gasteiger partial charge in [0.2, 0.25) is 0 Å². The first-order valence-electron chi connectivity index (χ1n) is 6.48. The van der Waals surface area contributed by atoms with Gasteiger partial charge in [-0.1, -0.05) is 0 Å². The first-order chi connectivity index (χ1) is 8.79. The Hall–Kier alpha value is -0.870. The van der Waals surface area contributed by atoms with Gasteiger partial charge in [-0.15, -0.1) is 11.6 Å². The van der Waals surface area contributed by atoms with Gasteiger partial charge in [-0.2, -0.15) is 0 Å². The molecule has 0 bridgehead atoms. The quantitative estimate of drug-likeness (QED) is 0.768. The Labute approximate surface area is 112 Å². The molecule has 0 aromatic carbocycles. The third-order valence-corrected chi connectivity index (χ3v) is 4.27. The third-order valence-electron chi connectivity index (χ3n) is 3.98. The van der Waals surface area contributed by atoms with E-state index in [4.69, 9.17) is 11.6 Å². The van der Waals surface area contributed by atoms with Gasteiger partial charge in [-0.05, 0) is 25.5 Å². The fourth-order valence-corrected chi connectivity index (χ4v) is 3.18. The van der Waals surface area contributed by atoms with Crippen molar-refractivity contribution in [3.05, 3.63) is 23.6 Å². The van der Waals surface area contributed by atoms with E-state index < -0.39 is 0 Å². The molecule has 98 valence electrons. The van der Waals surface area contributed by atoms with Crippen molar-refractivity contribution < 1.29 is 4.39 Å². The maximum Gasteiger partial charge on any atom is 0.170 e. The standard InChI is InChI=1S/C13H17ClFN3/c14-8-10-3-4-16-13(12(10)15)18-7-6-17-5-1-2-11(17)9-18/h3-4,11H,1-2,5-9H2. The lowest BCUT2D eigenvalue weighted by Gasteiger charge is -2.38. The van der Waals surface area contributed by atoms with Crippen LogP contribution in [0.1, 0.15) is 18.4 Å². The van der Waals surface area contributed by atoms with Crippen LogP contribution < -0.4 is 4.90 Å². The van der Waals surface area contributed by atoms with Crippen molar-refractivity contribution in [2.45, 2.75) is 24.8 Å². The molecular formula is C13H17ClFN3. The highest BCUT2D eigenvalue weighted by molar-refractivity contribution is 6.17. The molecule has 3 heterocycles. The Bertz CT molecular complexity index is 440. The van der Waals surface area contributed by atoms with Gasteiger partial charge in [-0.3, -0.25) is 4.90 Å². The van der Waals surface area contributed by atoms with Crippen molar-refractivity contribution in [1.82, 2.24) is 9.88 Å². The highest BCUT2D eigenvalue weighted by atomic mass is 35.5. The topological polar surface area (TPSA) is 19.4 Å². The summed E-state index contributed by atoms with van der Waals surface area (Å²) in [6.45, 7) is 3.94. The summed E-state index contributed by atoms with van der Waals surface area (Å²) >= 11 is 5.74. The van der Waals surface area contributed by atoms with Gasteiger partial charge >= 0.3 is 0 Å². The van der Waals surface area contributed by atoms with E-state index >= 15 is 0 Å². The number of pyridine rings is 1. The number of aromatic nitrogens is 1. The fourth-order valence-electron chi connectivity index (χ4n) is 2.98. The Morgan fingerprint density at radius 2 is 2.28 bits per heavy atom. The third kappa shape index (κ3) is 2.08. The minimum absolute atomic E-state index is 0.199. The second kappa shape index (κ2) is 5.02. The van der Waals surface area contributed by atoms with Crippen molar-refractivity contribution >= 4 is 17.4 Å². The molecule has 3 nitrogen and oxygen atoms in total. The van der Waals surface area contributed by atoms with Gasteiger partial charge in [0, 0.05) is 37.4 Å². The van der Waals surface area contributed by atoms with E-state index in [2.05, 4.69) is 14.8 Å². The first kappa shape index (κ1) is 12.2. The van der Waals surface area contributed by atoms with Crippen molar-refractivity contribution in [3.8, 4) is 0 Å². The van der Waals surface area contributed by atoms with Crippen LogP contribution in [-0.4, -0.2) is 42.1 Å². The van der Waals surface area contributed by atoms with Gasteiger partial charge in [0.05, 0.1) is 5.88 Å². The molecule has 5 heteroatoms. The highest BCUT2D eigenvalue weighted by Gasteiger charge is 2.32. The number of alkyl halides is 1. The molecule has 2 fully saturated rings. The van der Waals surface area contributed by atoms with E-state index in [1.54, 1.807) is 12.3 Å². The minimum Gasteiger partial charge on any atom is -0.351 e. The Balaban J connectivity index is 1.82. The zero-order chi connectivity index (χ0) is 12.5. The first-order valence-corrected chi connectivity index (χ1v) is 7.01. The van der Waals surface area contributed by atoms with Crippen LogP contribution in [0.2, 0.25) is 0 Å². The molecule has 0 N–H and O–H groups in total. The lowest BCUT2D eigenvalue weighted by Crippen LogP contribution is -2.50. The van der Waals surface area contributed by atoms with E-state index in [1.165, 1.54) is 19.4 Å². The molecule has 0 radical (unpaired) electrons. The number of piperazine rings is 1. The molecule has 2 saturated heterocycles. The van der Waals surface area contributed by atoms with Crippen molar-refractivity contribution in [1.29, 1.82) is 0 Å². The molecule has 2 aliphatic rings. The molecule has 18 heavy (non-hydrogen) atoms. The van der Waals surface area contributed by atoms with Crippen LogP contribution in [-0.2, 0) is 5.88 Å². The van der Waals surface area contributed by atoms with Crippen LogP contribution in [0.5, 0.6) is 0 Å². The van der Waals surface area contributed by atoms with E-state index in [0.29, 0.717) is 17.4 Å². The van der Waals surface area contributed by atoms with Crippen molar-refractivity contribution in [3.63, 3.8) is 0 Å². The molecule has 0 spiro atoms. The number of fused-ring (bicyclic) bond motifs is 1. The second-order valence-corrected chi connectivity index (χ2v) is 5.29. The highest BCUT2D eigenvalue weighted by Crippen LogP contribution is 2.27. The van der Waals surface area contributed by atoms with Gasteiger partial charge in [0.25, 0.3) is 0 Å². The molecule has 2 aliphatic heterocycles. The van der Waals surface area contributed by atoms with Gasteiger partial charge in [0.15, 0.2) is 11.6 Å². The lowest BCUT2D eigenvalue weighted by molar-refractivity contribution is 0.229. The lowest BCUT2D eigenvalue weighted by atomic mass is 10.1. The normalized spacial score (nSPS) is 24.3. The van der Waals surface area contributed by atoms with Gasteiger partial charge < -0.3 is 4.90 Å². The second-order valence-electron chi connectivity index (χ2n) is 5.02. The summed E-state index contributed by atoms with van der Waals surface area (Å²) in [5.41, 5.74) is 0.538. The maximum atomic E-state index is 14.2. The van der Waals surface area contributed by atoms with E-state index in [9.17, 15) is 4.39 Å². The van der Waals surface area contributed by atoms with Crippen LogP contribution in [0.4, 0.5) is 10.2 Å². The average Bonchev–Trinajstić information content (AvgIpc) is 2.86. The zero-order valence-corrected chi connectivity index (χ0v) is 11.0. The van der Waals surface area contributed by atoms with E-state index in [0.717, 1.165) is 19.6 Å². The summed E-state index contributed by atoms with van der Waals surface area (Å²) in [6.07, 6.45) is 4.13. The number of nitrogens with zero attached hydrogens (tertiary/aromatic N) is 3. The van der Waals surface area contributed by atoms with Gasteiger partial charge in [0.1, 0.15) is 0 Å². The van der Waals surface area contributed by atoms with Crippen LogP contribution in [0.25, 0.3) is 0 Å². The van der Waals surface area contributed by atoms with Crippen LogP contribution >= 0.6 is 11.6 Å². The Kier molecular flexibility index (Phi) is 3.39. The molecule has 1 atom stereocenters. The Morgan fingerprint density at radius 1 is 1.39 bits per heavy atom. The van der Waals surface area contributed by atoms with Crippen molar-refractivity contribution in [2.24, 2.45) is 0 Å². The summed E-state index contributed by atoms with van der Waals surface area (Å²) in [5.74, 6) is 0.420. The fraction of sp³-hybridized carbons (Fsp3) is 0.615. The summed E-state index contributed by atoms with van der Waals surface area (Å²) in [7, 11) is 0. The number of halogens is 2. The average molecular weight is 270 g/mol. The van der Waals surface area contributed by atoms with Crippen LogP contribution in [0.3, 0.4) is 0 Å². The summed E-state index contributed by atoms with van der Waals surface area (Å²) in [6, 6.07) is 2.22. The number of rotatable bonds is 2. The monoisotopic (exact) mass is 269 g/mol. The summed E-state index contributed by atoms with van der Waals surface area (Å²) < 4.78 is 14.2. The Morgan fingerprint density at radius 3 is 3.11 bits per heavy atom. The predicted molar refractivity (Wildman–Crippen MR) is 70.6 cm³/mol. The largest absolute Gasteiger partial charge is 0.351 e. The predicted octanol–water partition coefficient (Wildman–Crippen LogP) is 2.24. The number of hydrogen-bond acceptors (Lipinski definition) is 3. The molecule has 1 aromatic heterocycles. The minimum atomic E-state index is -0.251. The molecule has 0 aliphatic carbocycles. The molecule has 0 amide bonds.